The number of fused-ring (bicyclic) bond motifs is 1. The van der Waals surface area contributed by atoms with Crippen LogP contribution in [0.1, 0.15) is 66.4 Å². The van der Waals surface area contributed by atoms with E-state index >= 15 is 0 Å². The smallest absolute Gasteiger partial charge is 0.417 e. The molecule has 7 nitrogen and oxygen atoms in total. The van der Waals surface area contributed by atoms with E-state index in [2.05, 4.69) is 20.8 Å². The highest BCUT2D eigenvalue weighted by atomic mass is 19.4. The highest BCUT2D eigenvalue weighted by Gasteiger charge is 2.36. The summed E-state index contributed by atoms with van der Waals surface area (Å²) in [7, 11) is 1.30. The van der Waals surface area contributed by atoms with Gasteiger partial charge in [-0.1, -0.05) is 41.5 Å². The van der Waals surface area contributed by atoms with Gasteiger partial charge in [0.15, 0.2) is 0 Å². The number of aliphatic hydroxyl groups is 2. The summed E-state index contributed by atoms with van der Waals surface area (Å²) < 4.78 is 63.2. The summed E-state index contributed by atoms with van der Waals surface area (Å²) in [5.74, 6) is -0.373. The summed E-state index contributed by atoms with van der Waals surface area (Å²) >= 11 is 0. The molecule has 0 fully saturated rings. The van der Waals surface area contributed by atoms with Crippen LogP contribution in [0.4, 0.5) is 13.2 Å². The maximum absolute atomic E-state index is 13.7. The van der Waals surface area contributed by atoms with Crippen molar-refractivity contribution in [2.75, 3.05) is 26.9 Å². The first-order chi connectivity index (χ1) is 20.4. The zero-order chi connectivity index (χ0) is 32.9. The molecule has 0 radical (unpaired) electrons. The molecule has 0 aliphatic carbocycles. The molecule has 3 rings (SSSR count). The maximum atomic E-state index is 13.7. The number of alkyl halides is 3. The van der Waals surface area contributed by atoms with E-state index in [0.717, 1.165) is 6.07 Å². The maximum Gasteiger partial charge on any atom is 0.417 e. The lowest BCUT2D eigenvalue weighted by molar-refractivity contribution is -0.157. The van der Waals surface area contributed by atoms with Gasteiger partial charge in [0.2, 0.25) is 0 Å². The molecule has 244 valence electrons. The number of halogens is 3. The zero-order valence-corrected chi connectivity index (χ0v) is 26.6. The van der Waals surface area contributed by atoms with Crippen molar-refractivity contribution in [3.63, 3.8) is 0 Å². The van der Waals surface area contributed by atoms with Gasteiger partial charge in [0.1, 0.15) is 29.4 Å². The Morgan fingerprint density at radius 3 is 2.20 bits per heavy atom. The molecule has 0 amide bonds. The molecule has 3 atom stereocenters. The molecule has 3 aromatic rings. The third-order valence-electron chi connectivity index (χ3n) is 7.51. The van der Waals surface area contributed by atoms with Crippen LogP contribution >= 0.6 is 0 Å². The Hall–Kier alpha value is -3.24. The SMILES string of the molecule is COc1ccc(-c2cc3ccc(OCC(CO)CCC(O)COC(=O)C(CC(C)(C)C)C(C)(C)C)cc3o2)c(C(F)(F)F)c1. The topological polar surface area (TPSA) is 98.4 Å². The molecule has 0 aliphatic heterocycles. The fourth-order valence-corrected chi connectivity index (χ4v) is 4.92. The van der Waals surface area contributed by atoms with Gasteiger partial charge in [0.25, 0.3) is 0 Å². The molecular weight excluding hydrogens is 577 g/mol. The first-order valence-corrected chi connectivity index (χ1v) is 14.8. The standard InChI is InChI=1S/C34H45F3O7/c1-32(2,3)17-28(33(4,5)6)31(40)43-20-23(39)10-8-21(18-38)19-42-25-11-9-22-14-30(44-29(22)16-25)26-13-12-24(41-7)15-27(26)34(35,36)37/h9,11-16,21,23,28,38-39H,8,10,17-20H2,1-7H3. The van der Waals surface area contributed by atoms with Crippen molar-refractivity contribution in [2.24, 2.45) is 22.7 Å². The Bertz CT molecular complexity index is 1380. The number of carbonyl (C=O) groups excluding carboxylic acids is 1. The average molecular weight is 623 g/mol. The number of ether oxygens (including phenoxy) is 3. The second-order valence-corrected chi connectivity index (χ2v) is 13.6. The number of hydrogen-bond donors (Lipinski definition) is 2. The predicted octanol–water partition coefficient (Wildman–Crippen LogP) is 7.90. The summed E-state index contributed by atoms with van der Waals surface area (Å²) in [4.78, 5) is 12.8. The molecule has 0 saturated heterocycles. The lowest BCUT2D eigenvalue weighted by atomic mass is 9.72. The number of methoxy groups -OCH3 is 1. The minimum Gasteiger partial charge on any atom is -0.497 e. The number of rotatable bonds is 13. The highest BCUT2D eigenvalue weighted by Crippen LogP contribution is 2.41. The van der Waals surface area contributed by atoms with Gasteiger partial charge in [-0.2, -0.15) is 13.2 Å². The molecule has 0 saturated carbocycles. The molecule has 10 heteroatoms. The van der Waals surface area contributed by atoms with Crippen molar-refractivity contribution in [1.82, 2.24) is 0 Å². The Morgan fingerprint density at radius 2 is 1.61 bits per heavy atom. The molecule has 0 bridgehead atoms. The summed E-state index contributed by atoms with van der Waals surface area (Å²) in [6, 6.07) is 10.2. The van der Waals surface area contributed by atoms with E-state index in [1.54, 1.807) is 18.2 Å². The van der Waals surface area contributed by atoms with Gasteiger partial charge >= 0.3 is 12.1 Å². The number of carbonyl (C=O) groups is 1. The number of hydrogen-bond acceptors (Lipinski definition) is 7. The second kappa shape index (κ2) is 14.2. The van der Waals surface area contributed by atoms with Crippen molar-refractivity contribution in [3.05, 3.63) is 48.0 Å². The molecule has 1 heterocycles. The summed E-state index contributed by atoms with van der Waals surface area (Å²) in [5.41, 5.74) is -0.963. The Kier molecular flexibility index (Phi) is 11.4. The van der Waals surface area contributed by atoms with E-state index in [-0.39, 0.29) is 65.5 Å². The largest absolute Gasteiger partial charge is 0.497 e. The van der Waals surface area contributed by atoms with Crippen LogP contribution in [0.2, 0.25) is 0 Å². The number of benzene rings is 2. The van der Waals surface area contributed by atoms with Gasteiger partial charge in [0.05, 0.1) is 31.3 Å². The number of esters is 1. The van der Waals surface area contributed by atoms with Crippen molar-refractivity contribution in [3.8, 4) is 22.8 Å². The van der Waals surface area contributed by atoms with Crippen LogP contribution in [0.15, 0.2) is 46.9 Å². The Labute approximate surface area is 257 Å². The Balaban J connectivity index is 1.58. The molecule has 3 unspecified atom stereocenters. The summed E-state index contributed by atoms with van der Waals surface area (Å²) in [6.45, 7) is 12.0. The normalized spacial score (nSPS) is 14.7. The Morgan fingerprint density at radius 1 is 0.932 bits per heavy atom. The first kappa shape index (κ1) is 35.2. The molecule has 1 aromatic heterocycles. The fraction of sp³-hybridized carbons (Fsp3) is 0.559. The van der Waals surface area contributed by atoms with Crippen molar-refractivity contribution in [2.45, 2.75) is 73.1 Å². The van der Waals surface area contributed by atoms with E-state index in [1.165, 1.54) is 25.3 Å². The van der Waals surface area contributed by atoms with E-state index in [0.29, 0.717) is 36.0 Å². The van der Waals surface area contributed by atoms with Gasteiger partial charge < -0.3 is 28.8 Å². The van der Waals surface area contributed by atoms with Gasteiger partial charge in [0, 0.05) is 29.5 Å². The molecule has 0 aliphatic rings. The van der Waals surface area contributed by atoms with Crippen molar-refractivity contribution < 1.29 is 46.8 Å². The number of aliphatic hydroxyl groups excluding tert-OH is 2. The monoisotopic (exact) mass is 622 g/mol. The first-order valence-electron chi connectivity index (χ1n) is 14.8. The summed E-state index contributed by atoms with van der Waals surface area (Å²) in [5, 5.41) is 20.9. The van der Waals surface area contributed by atoms with Gasteiger partial charge in [-0.25, -0.2) is 0 Å². The second-order valence-electron chi connectivity index (χ2n) is 13.6. The molecular formula is C34H45F3O7. The van der Waals surface area contributed by atoms with Crippen LogP contribution in [-0.4, -0.2) is 49.2 Å². The van der Waals surface area contributed by atoms with Crippen LogP contribution in [-0.2, 0) is 15.7 Å². The van der Waals surface area contributed by atoms with Crippen molar-refractivity contribution >= 4 is 16.9 Å². The minimum atomic E-state index is -4.60. The molecule has 2 aromatic carbocycles. The van der Waals surface area contributed by atoms with E-state index in [4.69, 9.17) is 18.6 Å². The molecule has 44 heavy (non-hydrogen) atoms. The van der Waals surface area contributed by atoms with E-state index in [1.807, 2.05) is 20.8 Å². The number of furan rings is 1. The van der Waals surface area contributed by atoms with Crippen molar-refractivity contribution in [1.29, 1.82) is 0 Å². The fourth-order valence-electron chi connectivity index (χ4n) is 4.92. The van der Waals surface area contributed by atoms with Gasteiger partial charge in [-0.3, -0.25) is 4.79 Å². The quantitative estimate of drug-likeness (QED) is 0.187. The zero-order valence-electron chi connectivity index (χ0n) is 26.6. The lowest BCUT2D eigenvalue weighted by Crippen LogP contribution is -2.35. The van der Waals surface area contributed by atoms with Gasteiger partial charge in [-0.15, -0.1) is 0 Å². The van der Waals surface area contributed by atoms with Crippen LogP contribution in [0, 0.1) is 22.7 Å². The predicted molar refractivity (Wildman–Crippen MR) is 162 cm³/mol. The summed E-state index contributed by atoms with van der Waals surface area (Å²) in [6.07, 6.45) is -4.11. The van der Waals surface area contributed by atoms with Crippen LogP contribution in [0.3, 0.4) is 0 Å². The van der Waals surface area contributed by atoms with E-state index < -0.39 is 17.8 Å². The molecule has 2 N–H and O–H groups in total. The van der Waals surface area contributed by atoms with Crippen LogP contribution in [0.5, 0.6) is 11.5 Å². The molecule has 0 spiro atoms. The third-order valence-corrected chi connectivity index (χ3v) is 7.51. The van der Waals surface area contributed by atoms with Gasteiger partial charge in [-0.05, 0) is 66.5 Å². The highest BCUT2D eigenvalue weighted by molar-refractivity contribution is 5.84. The van der Waals surface area contributed by atoms with E-state index in [9.17, 15) is 28.2 Å². The average Bonchev–Trinajstić information content (AvgIpc) is 3.36. The van der Waals surface area contributed by atoms with Crippen LogP contribution in [0.25, 0.3) is 22.3 Å². The minimum absolute atomic E-state index is 0.0547. The van der Waals surface area contributed by atoms with Crippen LogP contribution < -0.4 is 9.47 Å². The lowest BCUT2D eigenvalue weighted by Gasteiger charge is -2.34. The third kappa shape index (κ3) is 9.89.